The van der Waals surface area contributed by atoms with Crippen LogP contribution in [-0.4, -0.2) is 5.11 Å². The van der Waals surface area contributed by atoms with Gasteiger partial charge in [-0.05, 0) is 31.2 Å². The molecule has 2 rings (SSSR count). The summed E-state index contributed by atoms with van der Waals surface area (Å²) in [5.41, 5.74) is 0.237. The van der Waals surface area contributed by atoms with Crippen molar-refractivity contribution < 1.29 is 18.6 Å². The van der Waals surface area contributed by atoms with Gasteiger partial charge in [-0.3, -0.25) is 0 Å². The van der Waals surface area contributed by atoms with E-state index in [2.05, 4.69) is 0 Å². The van der Waals surface area contributed by atoms with Gasteiger partial charge in [0, 0.05) is 5.56 Å². The Bertz CT molecular complexity index is 655. The third-order valence-electron chi connectivity index (χ3n) is 2.59. The number of ether oxygens (including phenoxy) is 1. The van der Waals surface area contributed by atoms with Crippen molar-refractivity contribution in [1.29, 1.82) is 5.26 Å². The Morgan fingerprint density at radius 2 is 1.84 bits per heavy atom. The highest BCUT2D eigenvalue weighted by Gasteiger charge is 2.15. The SMILES string of the molecule is Cc1c(O)cccc1Oc1c(F)cc(C#N)cc1F. The summed E-state index contributed by atoms with van der Waals surface area (Å²) in [4.78, 5) is 0. The van der Waals surface area contributed by atoms with Crippen LogP contribution in [0.5, 0.6) is 17.2 Å². The third-order valence-corrected chi connectivity index (χ3v) is 2.59. The Labute approximate surface area is 108 Å². The number of aromatic hydroxyl groups is 1. The molecule has 2 aromatic carbocycles. The monoisotopic (exact) mass is 261 g/mol. The maximum absolute atomic E-state index is 13.6. The number of phenolic OH excluding ortho intramolecular Hbond substituents is 1. The molecule has 0 aliphatic carbocycles. The molecule has 0 unspecified atom stereocenters. The van der Waals surface area contributed by atoms with E-state index < -0.39 is 17.4 Å². The number of halogens is 2. The Morgan fingerprint density at radius 1 is 1.21 bits per heavy atom. The van der Waals surface area contributed by atoms with E-state index in [1.807, 2.05) is 0 Å². The molecule has 2 aromatic rings. The lowest BCUT2D eigenvalue weighted by Gasteiger charge is -2.11. The smallest absolute Gasteiger partial charge is 0.198 e. The zero-order chi connectivity index (χ0) is 14.0. The summed E-state index contributed by atoms with van der Waals surface area (Å²) in [6.45, 7) is 1.56. The fourth-order valence-corrected chi connectivity index (χ4v) is 1.55. The fourth-order valence-electron chi connectivity index (χ4n) is 1.55. The molecular weight excluding hydrogens is 252 g/mol. The van der Waals surface area contributed by atoms with Gasteiger partial charge in [-0.15, -0.1) is 0 Å². The zero-order valence-corrected chi connectivity index (χ0v) is 9.95. The minimum atomic E-state index is -0.973. The van der Waals surface area contributed by atoms with Crippen LogP contribution in [0.3, 0.4) is 0 Å². The molecular formula is C14H9F2NO2. The van der Waals surface area contributed by atoms with Gasteiger partial charge in [-0.25, -0.2) is 8.78 Å². The standard InChI is InChI=1S/C14H9F2NO2/c1-8-12(18)3-2-4-13(8)19-14-10(15)5-9(7-17)6-11(14)16/h2-6,18H,1H3. The van der Waals surface area contributed by atoms with Gasteiger partial charge in [0.25, 0.3) is 0 Å². The number of benzene rings is 2. The summed E-state index contributed by atoms with van der Waals surface area (Å²) in [7, 11) is 0. The van der Waals surface area contributed by atoms with Gasteiger partial charge in [0.15, 0.2) is 17.4 Å². The predicted molar refractivity (Wildman–Crippen MR) is 64.0 cm³/mol. The van der Waals surface area contributed by atoms with Crippen LogP contribution in [0.2, 0.25) is 0 Å². The van der Waals surface area contributed by atoms with E-state index in [0.29, 0.717) is 5.56 Å². The number of hydrogen-bond donors (Lipinski definition) is 1. The number of nitrogens with zero attached hydrogens (tertiary/aromatic N) is 1. The van der Waals surface area contributed by atoms with Crippen molar-refractivity contribution in [3.8, 4) is 23.3 Å². The molecule has 0 spiro atoms. The van der Waals surface area contributed by atoms with Crippen molar-refractivity contribution >= 4 is 0 Å². The van der Waals surface area contributed by atoms with Gasteiger partial charge in [0.05, 0.1) is 11.6 Å². The maximum Gasteiger partial charge on any atom is 0.198 e. The molecule has 0 radical (unpaired) electrons. The average Bonchev–Trinajstić information content (AvgIpc) is 2.38. The molecule has 0 saturated heterocycles. The van der Waals surface area contributed by atoms with E-state index in [9.17, 15) is 13.9 Å². The Hall–Kier alpha value is -2.61. The van der Waals surface area contributed by atoms with Crippen LogP contribution in [0, 0.1) is 29.9 Å². The molecule has 0 aromatic heterocycles. The van der Waals surface area contributed by atoms with E-state index >= 15 is 0 Å². The van der Waals surface area contributed by atoms with Crippen LogP contribution < -0.4 is 4.74 Å². The van der Waals surface area contributed by atoms with Gasteiger partial charge in [-0.1, -0.05) is 6.07 Å². The molecule has 5 heteroatoms. The second-order valence-corrected chi connectivity index (χ2v) is 3.88. The first-order valence-corrected chi connectivity index (χ1v) is 5.38. The van der Waals surface area contributed by atoms with Gasteiger partial charge >= 0.3 is 0 Å². The predicted octanol–water partition coefficient (Wildman–Crippen LogP) is 3.64. The highest BCUT2D eigenvalue weighted by molar-refractivity contribution is 5.46. The molecule has 0 saturated carbocycles. The van der Waals surface area contributed by atoms with Crippen molar-refractivity contribution in [3.05, 3.63) is 53.1 Å². The van der Waals surface area contributed by atoms with Crippen LogP contribution in [-0.2, 0) is 0 Å². The molecule has 96 valence electrons. The van der Waals surface area contributed by atoms with E-state index in [1.54, 1.807) is 13.0 Å². The number of phenols is 1. The fraction of sp³-hybridized carbons (Fsp3) is 0.0714. The summed E-state index contributed by atoms with van der Waals surface area (Å²) < 4.78 is 32.4. The first-order valence-electron chi connectivity index (χ1n) is 5.38. The topological polar surface area (TPSA) is 53.2 Å². The highest BCUT2D eigenvalue weighted by atomic mass is 19.1. The van der Waals surface area contributed by atoms with Crippen LogP contribution in [0.1, 0.15) is 11.1 Å². The summed E-state index contributed by atoms with van der Waals surface area (Å²) >= 11 is 0. The highest BCUT2D eigenvalue weighted by Crippen LogP contribution is 2.33. The number of hydrogen-bond acceptors (Lipinski definition) is 3. The lowest BCUT2D eigenvalue weighted by Crippen LogP contribution is -1.95. The maximum atomic E-state index is 13.6. The van der Waals surface area contributed by atoms with Gasteiger partial charge in [-0.2, -0.15) is 5.26 Å². The molecule has 3 nitrogen and oxygen atoms in total. The summed E-state index contributed by atoms with van der Waals surface area (Å²) in [6, 6.07) is 7.83. The van der Waals surface area contributed by atoms with Crippen LogP contribution >= 0.6 is 0 Å². The second-order valence-electron chi connectivity index (χ2n) is 3.88. The van der Waals surface area contributed by atoms with E-state index in [-0.39, 0.29) is 17.1 Å². The summed E-state index contributed by atoms with van der Waals surface area (Å²) in [5, 5.41) is 18.1. The zero-order valence-electron chi connectivity index (χ0n) is 9.95. The minimum absolute atomic E-state index is 0.0352. The van der Waals surface area contributed by atoms with Crippen molar-refractivity contribution in [3.63, 3.8) is 0 Å². The molecule has 1 N–H and O–H groups in total. The number of rotatable bonds is 2. The van der Waals surface area contributed by atoms with Crippen molar-refractivity contribution in [2.45, 2.75) is 6.92 Å². The van der Waals surface area contributed by atoms with Gasteiger partial charge in [0.2, 0.25) is 0 Å². The Balaban J connectivity index is 2.45. The van der Waals surface area contributed by atoms with Gasteiger partial charge < -0.3 is 9.84 Å². The molecule has 0 bridgehead atoms. The molecule has 19 heavy (non-hydrogen) atoms. The second kappa shape index (κ2) is 4.94. The molecule has 0 amide bonds. The molecule has 0 aliphatic heterocycles. The normalized spacial score (nSPS) is 10.0. The number of nitriles is 1. The van der Waals surface area contributed by atoms with E-state index in [4.69, 9.17) is 10.00 Å². The lowest BCUT2D eigenvalue weighted by atomic mass is 10.2. The summed E-state index contributed by atoms with van der Waals surface area (Å²) in [6.07, 6.45) is 0. The Kier molecular flexibility index (Phi) is 3.34. The first-order chi connectivity index (χ1) is 9.02. The summed E-state index contributed by atoms with van der Waals surface area (Å²) in [5.74, 6) is -2.44. The molecule has 0 heterocycles. The Morgan fingerprint density at radius 3 is 2.42 bits per heavy atom. The van der Waals surface area contributed by atoms with Crippen molar-refractivity contribution in [2.75, 3.05) is 0 Å². The van der Waals surface area contributed by atoms with Gasteiger partial charge in [0.1, 0.15) is 11.5 Å². The minimum Gasteiger partial charge on any atom is -0.508 e. The van der Waals surface area contributed by atoms with Crippen LogP contribution in [0.15, 0.2) is 30.3 Å². The van der Waals surface area contributed by atoms with Crippen LogP contribution in [0.4, 0.5) is 8.78 Å². The van der Waals surface area contributed by atoms with E-state index in [0.717, 1.165) is 12.1 Å². The first kappa shape index (κ1) is 12.8. The van der Waals surface area contributed by atoms with Crippen LogP contribution in [0.25, 0.3) is 0 Å². The lowest BCUT2D eigenvalue weighted by molar-refractivity contribution is 0.399. The third kappa shape index (κ3) is 2.47. The van der Waals surface area contributed by atoms with E-state index in [1.165, 1.54) is 18.2 Å². The molecule has 0 fully saturated rings. The molecule has 0 aliphatic rings. The molecule has 0 atom stereocenters. The average molecular weight is 261 g/mol. The van der Waals surface area contributed by atoms with Crippen molar-refractivity contribution in [1.82, 2.24) is 0 Å². The van der Waals surface area contributed by atoms with Crippen molar-refractivity contribution in [2.24, 2.45) is 0 Å². The quantitative estimate of drug-likeness (QED) is 0.897. The largest absolute Gasteiger partial charge is 0.508 e.